The van der Waals surface area contributed by atoms with E-state index in [2.05, 4.69) is 0 Å². The number of rotatable bonds is 5. The van der Waals surface area contributed by atoms with Crippen molar-refractivity contribution in [2.45, 2.75) is 55.8 Å². The minimum atomic E-state index is -3.39. The summed E-state index contributed by atoms with van der Waals surface area (Å²) in [4.78, 5) is 18.9. The van der Waals surface area contributed by atoms with Crippen molar-refractivity contribution in [3.8, 4) is 0 Å². The molecule has 0 bridgehead atoms. The average Bonchev–Trinajstić information content (AvgIpc) is 2.84. The molecule has 3 N–H and O–H groups in total. The number of sulfone groups is 1. The second-order valence-corrected chi connectivity index (χ2v) is 11.7. The number of likely N-dealkylation sites (tertiary alicyclic amines) is 1. The number of amides is 1. The molecule has 1 aromatic carbocycles. The zero-order valence-corrected chi connectivity index (χ0v) is 20.2. The molecule has 1 aliphatic carbocycles. The van der Waals surface area contributed by atoms with Gasteiger partial charge in [0.2, 0.25) is 5.91 Å². The lowest BCUT2D eigenvalue weighted by Gasteiger charge is -2.38. The second kappa shape index (κ2) is 10.4. The van der Waals surface area contributed by atoms with Crippen LogP contribution in [-0.2, 0) is 14.6 Å². The number of nitrogens with two attached hydrogens (primary N) is 1. The summed E-state index contributed by atoms with van der Waals surface area (Å²) in [6.45, 7) is 3.59. The first-order valence-corrected chi connectivity index (χ1v) is 13.9. The average molecular weight is 476 g/mol. The molecule has 2 heterocycles. The highest BCUT2D eigenvalue weighted by molar-refractivity contribution is 7.91. The maximum absolute atomic E-state index is 13.0. The molecule has 182 valence electrons. The second-order valence-electron chi connectivity index (χ2n) is 9.74. The van der Waals surface area contributed by atoms with Crippen molar-refractivity contribution in [1.82, 2.24) is 14.7 Å². The number of nitrogens with one attached hydrogen (secondary N) is 1. The first kappa shape index (κ1) is 24.0. The minimum absolute atomic E-state index is 0.00791. The van der Waals surface area contributed by atoms with E-state index in [0.29, 0.717) is 62.9 Å². The van der Waals surface area contributed by atoms with Crippen molar-refractivity contribution in [1.29, 1.82) is 5.41 Å². The summed E-state index contributed by atoms with van der Waals surface area (Å²) >= 11 is 0. The van der Waals surface area contributed by atoms with Gasteiger partial charge in [0.15, 0.2) is 15.8 Å². The van der Waals surface area contributed by atoms with Crippen LogP contribution in [0.2, 0.25) is 0 Å². The summed E-state index contributed by atoms with van der Waals surface area (Å²) in [6, 6.07) is 7.55. The number of hydrogen-bond donors (Lipinski definition) is 2. The molecule has 0 unspecified atom stereocenters. The zero-order valence-electron chi connectivity index (χ0n) is 19.4. The molecule has 8 nitrogen and oxygen atoms in total. The van der Waals surface area contributed by atoms with Crippen LogP contribution in [0.15, 0.2) is 29.2 Å². The van der Waals surface area contributed by atoms with Crippen molar-refractivity contribution in [3.05, 3.63) is 29.8 Å². The van der Waals surface area contributed by atoms with Crippen molar-refractivity contribution in [3.63, 3.8) is 0 Å². The molecule has 3 aliphatic rings. The standard InChI is InChI=1S/C24H37N5O3S/c25-24(26)29-16-14-28(15-17-29)23(30)21-10-12-27(13-11-21)18-33(31,32)22-8-6-20(7-9-22)19-4-2-1-3-5-19/h6-9,19,21H,1-5,10-18H2,(H3,25,26). The van der Waals surface area contributed by atoms with Crippen LogP contribution in [0.4, 0.5) is 0 Å². The summed E-state index contributed by atoms with van der Waals surface area (Å²) in [7, 11) is -3.39. The molecule has 9 heteroatoms. The summed E-state index contributed by atoms with van der Waals surface area (Å²) < 4.78 is 26.0. The van der Waals surface area contributed by atoms with Crippen LogP contribution in [-0.4, -0.2) is 80.1 Å². The van der Waals surface area contributed by atoms with Crippen LogP contribution in [0.3, 0.4) is 0 Å². The van der Waals surface area contributed by atoms with E-state index in [1.807, 2.05) is 21.9 Å². The van der Waals surface area contributed by atoms with Gasteiger partial charge in [0.05, 0.1) is 4.90 Å². The molecule has 3 fully saturated rings. The maximum atomic E-state index is 13.0. The van der Waals surface area contributed by atoms with E-state index in [4.69, 9.17) is 11.1 Å². The van der Waals surface area contributed by atoms with Crippen LogP contribution in [0.5, 0.6) is 0 Å². The van der Waals surface area contributed by atoms with E-state index in [0.717, 1.165) is 0 Å². The van der Waals surface area contributed by atoms with Gasteiger partial charge in [0.25, 0.3) is 0 Å². The van der Waals surface area contributed by atoms with Gasteiger partial charge in [-0.2, -0.15) is 0 Å². The molecule has 0 aromatic heterocycles. The Morgan fingerprint density at radius 1 is 0.879 bits per heavy atom. The molecule has 0 spiro atoms. The number of piperazine rings is 1. The summed E-state index contributed by atoms with van der Waals surface area (Å²) in [5.74, 6) is 0.730. The minimum Gasteiger partial charge on any atom is -0.370 e. The number of benzene rings is 1. The molecule has 2 aliphatic heterocycles. The van der Waals surface area contributed by atoms with Crippen molar-refractivity contribution in [2.75, 3.05) is 45.1 Å². The van der Waals surface area contributed by atoms with Crippen molar-refractivity contribution < 1.29 is 13.2 Å². The Bertz CT molecular complexity index is 927. The van der Waals surface area contributed by atoms with Gasteiger partial charge in [-0.25, -0.2) is 8.42 Å². The molecule has 2 saturated heterocycles. The van der Waals surface area contributed by atoms with E-state index in [-0.39, 0.29) is 23.7 Å². The lowest BCUT2D eigenvalue weighted by atomic mass is 9.84. The first-order valence-electron chi connectivity index (χ1n) is 12.3. The van der Waals surface area contributed by atoms with Crippen LogP contribution in [0.1, 0.15) is 56.4 Å². The van der Waals surface area contributed by atoms with Crippen LogP contribution in [0.25, 0.3) is 0 Å². The Morgan fingerprint density at radius 3 is 2.03 bits per heavy atom. The van der Waals surface area contributed by atoms with Gasteiger partial charge in [-0.3, -0.25) is 15.1 Å². The SMILES string of the molecule is N=C(N)N1CCN(C(=O)C2CCN(CS(=O)(=O)c3ccc(C4CCCCC4)cc3)CC2)CC1. The monoisotopic (exact) mass is 475 g/mol. The van der Waals surface area contributed by atoms with E-state index >= 15 is 0 Å². The molecule has 0 atom stereocenters. The van der Waals surface area contributed by atoms with Gasteiger partial charge in [0.1, 0.15) is 5.88 Å². The third kappa shape index (κ3) is 5.87. The molecule has 0 radical (unpaired) electrons. The smallest absolute Gasteiger partial charge is 0.225 e. The lowest BCUT2D eigenvalue weighted by Crippen LogP contribution is -2.54. The number of piperidine rings is 1. The predicted octanol–water partition coefficient (Wildman–Crippen LogP) is 2.22. The van der Waals surface area contributed by atoms with E-state index < -0.39 is 9.84 Å². The topological polar surface area (TPSA) is 111 Å². The quantitative estimate of drug-likeness (QED) is 0.499. The van der Waals surface area contributed by atoms with Gasteiger partial charge < -0.3 is 15.5 Å². The van der Waals surface area contributed by atoms with Crippen molar-refractivity contribution in [2.24, 2.45) is 11.7 Å². The molecule has 1 aromatic rings. The number of guanidine groups is 1. The maximum Gasteiger partial charge on any atom is 0.225 e. The van der Waals surface area contributed by atoms with Crippen LogP contribution in [0, 0.1) is 11.3 Å². The highest BCUT2D eigenvalue weighted by Crippen LogP contribution is 2.33. The van der Waals surface area contributed by atoms with E-state index in [9.17, 15) is 13.2 Å². The third-order valence-electron chi connectivity index (χ3n) is 7.54. The molecule has 1 saturated carbocycles. The van der Waals surface area contributed by atoms with Crippen LogP contribution < -0.4 is 5.73 Å². The third-order valence-corrected chi connectivity index (χ3v) is 9.23. The highest BCUT2D eigenvalue weighted by atomic mass is 32.2. The number of carbonyl (C=O) groups excluding carboxylic acids is 1. The fraction of sp³-hybridized carbons (Fsp3) is 0.667. The van der Waals surface area contributed by atoms with Gasteiger partial charge in [-0.1, -0.05) is 31.4 Å². The predicted molar refractivity (Wildman–Crippen MR) is 129 cm³/mol. The molecule has 33 heavy (non-hydrogen) atoms. The largest absolute Gasteiger partial charge is 0.370 e. The number of hydrogen-bond acceptors (Lipinski definition) is 5. The van der Waals surface area contributed by atoms with E-state index in [1.54, 1.807) is 17.0 Å². The Labute approximate surface area is 197 Å². The molecular formula is C24H37N5O3S. The van der Waals surface area contributed by atoms with Gasteiger partial charge in [0, 0.05) is 32.1 Å². The van der Waals surface area contributed by atoms with Crippen molar-refractivity contribution >= 4 is 21.7 Å². The Kier molecular flexibility index (Phi) is 7.58. The van der Waals surface area contributed by atoms with Gasteiger partial charge in [-0.05, 0) is 62.4 Å². The Hall–Kier alpha value is -2.13. The normalized spacial score (nSPS) is 21.8. The fourth-order valence-electron chi connectivity index (χ4n) is 5.43. The first-order chi connectivity index (χ1) is 15.8. The van der Waals surface area contributed by atoms with Gasteiger partial charge in [-0.15, -0.1) is 0 Å². The van der Waals surface area contributed by atoms with Crippen LogP contribution >= 0.6 is 0 Å². The highest BCUT2D eigenvalue weighted by Gasteiger charge is 2.32. The Balaban J connectivity index is 1.26. The zero-order chi connectivity index (χ0) is 23.4. The summed E-state index contributed by atoms with van der Waals surface area (Å²) in [5.41, 5.74) is 6.79. The van der Waals surface area contributed by atoms with Gasteiger partial charge >= 0.3 is 0 Å². The molecule has 1 amide bonds. The summed E-state index contributed by atoms with van der Waals surface area (Å²) in [5, 5.41) is 7.52. The number of carbonyl (C=O) groups is 1. The molecule has 4 rings (SSSR count). The fourth-order valence-corrected chi connectivity index (χ4v) is 6.87. The Morgan fingerprint density at radius 2 is 1.45 bits per heavy atom. The van der Waals surface area contributed by atoms with E-state index in [1.165, 1.54) is 37.7 Å². The lowest BCUT2D eigenvalue weighted by molar-refractivity contribution is -0.138. The number of nitrogens with zero attached hydrogens (tertiary/aromatic N) is 3. The molecular weight excluding hydrogens is 438 g/mol. The summed E-state index contributed by atoms with van der Waals surface area (Å²) in [6.07, 6.45) is 7.60.